The van der Waals surface area contributed by atoms with Gasteiger partial charge in [0.25, 0.3) is 0 Å². The number of amides is 1. The van der Waals surface area contributed by atoms with Crippen molar-refractivity contribution >= 4 is 40.8 Å². The quantitative estimate of drug-likeness (QED) is 0.371. The van der Waals surface area contributed by atoms with Crippen molar-refractivity contribution in [2.75, 3.05) is 19.8 Å². The van der Waals surface area contributed by atoms with Crippen molar-refractivity contribution in [2.45, 2.75) is 54.6 Å². The van der Waals surface area contributed by atoms with Crippen LogP contribution in [-0.4, -0.2) is 92.1 Å². The number of benzene rings is 1. The average molecular weight is 545 g/mol. The van der Waals surface area contributed by atoms with E-state index in [1.54, 1.807) is 23.9 Å². The fourth-order valence-corrected chi connectivity index (χ4v) is 8.81. The summed E-state index contributed by atoms with van der Waals surface area (Å²) in [5.41, 5.74) is 2.79. The maximum atomic E-state index is 14.1. The molecular weight excluding hydrogens is 512 g/mol. The van der Waals surface area contributed by atoms with E-state index < -0.39 is 76.4 Å². The van der Waals surface area contributed by atoms with Crippen LogP contribution in [0.25, 0.3) is 0 Å². The van der Waals surface area contributed by atoms with Crippen LogP contribution in [0, 0.1) is 23.7 Å². The Morgan fingerprint density at radius 1 is 1.13 bits per heavy atom. The number of rotatable bonds is 5. The predicted molar refractivity (Wildman–Crippen MR) is 136 cm³/mol. The van der Waals surface area contributed by atoms with Crippen LogP contribution in [0.15, 0.2) is 18.2 Å². The van der Waals surface area contributed by atoms with Crippen molar-refractivity contribution in [3.63, 3.8) is 0 Å². The number of carbonyl (C=O) groups excluding carboxylic acids is 5. The Kier molecular flexibility index (Phi) is 6.78. The van der Waals surface area contributed by atoms with Crippen LogP contribution < -0.4 is 5.73 Å². The van der Waals surface area contributed by atoms with E-state index in [0.29, 0.717) is 16.6 Å². The Bertz CT molecular complexity index is 1230. The maximum absolute atomic E-state index is 14.1. The summed E-state index contributed by atoms with van der Waals surface area (Å²) in [5.74, 6) is -12.4. The summed E-state index contributed by atoms with van der Waals surface area (Å²) < 4.78 is 0. The molecule has 11 heteroatoms. The van der Waals surface area contributed by atoms with Crippen LogP contribution in [0.3, 0.4) is 0 Å². The van der Waals surface area contributed by atoms with E-state index in [-0.39, 0.29) is 11.3 Å². The Morgan fingerprint density at radius 3 is 2.39 bits per heavy atom. The lowest BCUT2D eigenvalue weighted by Gasteiger charge is -2.56. The Balaban J connectivity index is 1.67. The van der Waals surface area contributed by atoms with Gasteiger partial charge in [0.05, 0.1) is 29.5 Å². The van der Waals surface area contributed by atoms with Crippen molar-refractivity contribution in [3.8, 4) is 5.75 Å². The maximum Gasteiger partial charge on any atom is 0.235 e. The van der Waals surface area contributed by atoms with Crippen molar-refractivity contribution in [1.82, 2.24) is 4.90 Å². The Hall–Kier alpha value is -2.60. The highest BCUT2D eigenvalue weighted by molar-refractivity contribution is 7.99. The lowest BCUT2D eigenvalue weighted by Crippen LogP contribution is -2.77. The number of primary amides is 1. The molecule has 204 valence electrons. The lowest BCUT2D eigenvalue weighted by molar-refractivity contribution is -0.196. The van der Waals surface area contributed by atoms with Gasteiger partial charge < -0.3 is 21.1 Å². The molecule has 0 radical (unpaired) electrons. The number of thioether (sulfide) groups is 1. The summed E-state index contributed by atoms with van der Waals surface area (Å²) in [6, 6.07) is 3.23. The monoisotopic (exact) mass is 544 g/mol. The summed E-state index contributed by atoms with van der Waals surface area (Å²) in [5, 5.41) is 34.6. The number of aliphatic hydroxyl groups is 2. The Morgan fingerprint density at radius 2 is 1.79 bits per heavy atom. The standard InChI is InChI=1S/C27H32N2O8S/c1-29(2)20-19-22(32)16-13(10-38-11-6-3-4-7-11)12-8-5-9-14(30)15(12)21(31)17(16)24(34)27(19,37)25(35)18(23(20)33)26(28)36/h5,8-9,11,13,16-20,22,30,32,37H,3-4,6-7,10H2,1-2H3,(H2,28,36)/t13?,16?,17?,18?,19?,20-,22?,27-/m0/s1. The molecule has 4 aliphatic rings. The number of likely N-dealkylation sites (N-methyl/N-ethyl adjacent to an activating group) is 1. The van der Waals surface area contributed by atoms with E-state index in [2.05, 4.69) is 0 Å². The van der Waals surface area contributed by atoms with E-state index in [1.807, 2.05) is 0 Å². The van der Waals surface area contributed by atoms with Crippen molar-refractivity contribution in [1.29, 1.82) is 0 Å². The first-order valence-corrected chi connectivity index (χ1v) is 13.9. The lowest BCUT2D eigenvalue weighted by atomic mass is 9.49. The molecule has 0 aromatic heterocycles. The fraction of sp³-hybridized carbons (Fsp3) is 0.593. The van der Waals surface area contributed by atoms with Crippen LogP contribution in [0.5, 0.6) is 5.75 Å². The zero-order chi connectivity index (χ0) is 27.7. The molecule has 1 aromatic carbocycles. The number of ketones is 4. The molecule has 0 saturated heterocycles. The van der Waals surface area contributed by atoms with Gasteiger partial charge in [-0.3, -0.25) is 28.9 Å². The number of fused-ring (bicyclic) bond motifs is 3. The molecule has 5 N–H and O–H groups in total. The molecule has 6 unspecified atom stereocenters. The largest absolute Gasteiger partial charge is 0.507 e. The van der Waals surface area contributed by atoms with E-state index in [0.717, 1.165) is 25.7 Å². The molecule has 3 fully saturated rings. The van der Waals surface area contributed by atoms with E-state index in [9.17, 15) is 39.3 Å². The van der Waals surface area contributed by atoms with Crippen molar-refractivity contribution in [3.05, 3.63) is 29.3 Å². The molecule has 1 amide bonds. The number of carbonyl (C=O) groups is 5. The third-order valence-electron chi connectivity index (χ3n) is 8.96. The van der Waals surface area contributed by atoms with Crippen molar-refractivity contribution in [2.24, 2.45) is 29.4 Å². The molecule has 10 nitrogen and oxygen atoms in total. The van der Waals surface area contributed by atoms with Gasteiger partial charge in [-0.2, -0.15) is 11.8 Å². The highest BCUT2D eigenvalue weighted by atomic mass is 32.2. The molecule has 8 atom stereocenters. The summed E-state index contributed by atoms with van der Waals surface area (Å²) >= 11 is 1.68. The number of hydrogen-bond acceptors (Lipinski definition) is 10. The smallest absolute Gasteiger partial charge is 0.235 e. The molecular formula is C27H32N2O8S. The number of phenols is 1. The SMILES string of the molecule is CN(C)[C@@H]1C(=O)C(C(N)=O)C(=O)[C@@]2(O)C(=O)C3C(=O)c4c(O)cccc4C(CSC4CCCC4)C3C(O)C12. The molecule has 0 heterocycles. The minimum Gasteiger partial charge on any atom is -0.507 e. The molecule has 38 heavy (non-hydrogen) atoms. The molecule has 3 saturated carbocycles. The van der Waals surface area contributed by atoms with Gasteiger partial charge in [-0.15, -0.1) is 0 Å². The number of Topliss-reactive ketones (excluding diaryl/α,β-unsaturated/α-hetero) is 4. The van der Waals surface area contributed by atoms with Gasteiger partial charge in [0.15, 0.2) is 34.7 Å². The second-order valence-corrected chi connectivity index (χ2v) is 12.5. The molecule has 4 aliphatic carbocycles. The summed E-state index contributed by atoms with van der Waals surface area (Å²) in [6.07, 6.45) is 2.65. The summed E-state index contributed by atoms with van der Waals surface area (Å²) in [6.45, 7) is 0. The van der Waals surface area contributed by atoms with Crippen LogP contribution in [0.1, 0.15) is 47.5 Å². The van der Waals surface area contributed by atoms with Gasteiger partial charge in [-0.1, -0.05) is 25.0 Å². The third-order valence-corrected chi connectivity index (χ3v) is 10.5. The van der Waals surface area contributed by atoms with Crippen LogP contribution >= 0.6 is 11.8 Å². The Labute approximate surface area is 223 Å². The number of aliphatic hydroxyl groups excluding tert-OH is 1. The van der Waals surface area contributed by atoms with Gasteiger partial charge in [-0.25, -0.2) is 0 Å². The second kappa shape index (κ2) is 9.55. The molecule has 0 spiro atoms. The van der Waals surface area contributed by atoms with E-state index in [4.69, 9.17) is 5.73 Å². The topological polar surface area (TPSA) is 175 Å². The molecule has 1 aromatic rings. The predicted octanol–water partition coefficient (Wildman–Crippen LogP) is 0.0547. The van der Waals surface area contributed by atoms with Crippen molar-refractivity contribution < 1.29 is 39.3 Å². The minimum atomic E-state index is -2.98. The zero-order valence-corrected chi connectivity index (χ0v) is 22.0. The number of aromatic hydroxyl groups is 1. The second-order valence-electron chi connectivity index (χ2n) is 11.2. The normalized spacial score (nSPS) is 37.2. The minimum absolute atomic E-state index is 0.0664. The number of nitrogens with two attached hydrogens (primary N) is 1. The zero-order valence-electron chi connectivity index (χ0n) is 21.2. The molecule has 5 rings (SSSR count). The van der Waals surface area contributed by atoms with Gasteiger partial charge in [-0.05, 0) is 38.6 Å². The fourth-order valence-electron chi connectivity index (χ4n) is 7.26. The highest BCUT2D eigenvalue weighted by Gasteiger charge is 2.73. The third kappa shape index (κ3) is 3.70. The first-order valence-electron chi connectivity index (χ1n) is 12.9. The highest BCUT2D eigenvalue weighted by Crippen LogP contribution is 2.55. The average Bonchev–Trinajstić information content (AvgIpc) is 3.37. The first-order chi connectivity index (χ1) is 17.9. The number of hydrogen-bond donors (Lipinski definition) is 4. The van der Waals surface area contributed by atoms with Crippen LogP contribution in [0.4, 0.5) is 0 Å². The van der Waals surface area contributed by atoms with Gasteiger partial charge >= 0.3 is 0 Å². The van der Waals surface area contributed by atoms with E-state index >= 15 is 0 Å². The number of phenolic OH excluding ortho intramolecular Hbond substituents is 1. The first kappa shape index (κ1) is 27.0. The van der Waals surface area contributed by atoms with E-state index in [1.165, 1.54) is 25.1 Å². The van der Waals surface area contributed by atoms with Gasteiger partial charge in [0, 0.05) is 22.8 Å². The van der Waals surface area contributed by atoms with Gasteiger partial charge in [0.1, 0.15) is 5.75 Å². The number of nitrogens with zero attached hydrogens (tertiary/aromatic N) is 1. The summed E-state index contributed by atoms with van der Waals surface area (Å²) in [7, 11) is 2.96. The van der Waals surface area contributed by atoms with Crippen LogP contribution in [-0.2, 0) is 19.2 Å². The molecule has 0 bridgehead atoms. The molecule has 0 aliphatic heterocycles. The van der Waals surface area contributed by atoms with Crippen LogP contribution in [0.2, 0.25) is 0 Å². The summed E-state index contributed by atoms with van der Waals surface area (Å²) in [4.78, 5) is 68.1. The van der Waals surface area contributed by atoms with Gasteiger partial charge in [0.2, 0.25) is 5.91 Å².